The highest BCUT2D eigenvalue weighted by Crippen LogP contribution is 2.38. The van der Waals surface area contributed by atoms with Crippen LogP contribution in [-0.4, -0.2) is 71.6 Å². The topological polar surface area (TPSA) is 150 Å². The monoisotopic (exact) mass is 607 g/mol. The number of carbonyl (C=O) groups is 2. The molecule has 236 valence electrons. The van der Waals surface area contributed by atoms with E-state index in [-0.39, 0.29) is 44.3 Å². The number of carbonyl (C=O) groups excluding carboxylic acids is 2. The number of ether oxygens (including phenoxy) is 3. The Kier molecular flexibility index (Phi) is 12.1. The third kappa shape index (κ3) is 9.76. The molecule has 0 aliphatic carbocycles. The molecule has 1 aliphatic rings. The summed E-state index contributed by atoms with van der Waals surface area (Å²) in [7, 11) is 1.91. The summed E-state index contributed by atoms with van der Waals surface area (Å²) in [5.74, 6) is -0.395. The van der Waals surface area contributed by atoms with Gasteiger partial charge in [-0.2, -0.15) is 0 Å². The third-order valence-corrected chi connectivity index (χ3v) is 7.27. The van der Waals surface area contributed by atoms with E-state index in [2.05, 4.69) is 10.6 Å². The van der Waals surface area contributed by atoms with Crippen molar-refractivity contribution in [2.45, 2.75) is 51.1 Å². The smallest absolute Gasteiger partial charge is 0.325 e. The number of amides is 2. The minimum atomic E-state index is -0.780. The predicted octanol–water partition coefficient (Wildman–Crippen LogP) is 3.46. The van der Waals surface area contributed by atoms with Crippen LogP contribution in [0.4, 0.5) is 4.79 Å². The minimum absolute atomic E-state index is 0.0409. The zero-order valence-electron chi connectivity index (χ0n) is 25.0. The number of likely N-dealkylation sites (N-methyl/N-ethyl adjacent to an activating group) is 1. The number of rotatable bonds is 13. The number of phenols is 1. The molecule has 1 aliphatic heterocycles. The first kappa shape index (κ1) is 32.9. The highest BCUT2D eigenvalue weighted by molar-refractivity contribution is 5.80. The van der Waals surface area contributed by atoms with Crippen molar-refractivity contribution in [1.29, 1.82) is 0 Å². The largest absolute Gasteiger partial charge is 0.508 e. The lowest BCUT2D eigenvalue weighted by Gasteiger charge is -2.38. The lowest BCUT2D eigenvalue weighted by atomic mass is 9.99. The van der Waals surface area contributed by atoms with E-state index in [1.54, 1.807) is 31.2 Å². The van der Waals surface area contributed by atoms with E-state index in [1.807, 2.05) is 60.5 Å². The average Bonchev–Trinajstić information content (AvgIpc) is 3.03. The van der Waals surface area contributed by atoms with Gasteiger partial charge >= 0.3 is 12.0 Å². The van der Waals surface area contributed by atoms with Crippen molar-refractivity contribution < 1.29 is 39.1 Å². The Labute approximate surface area is 257 Å². The molecule has 4 atom stereocenters. The van der Waals surface area contributed by atoms with Crippen LogP contribution in [0.2, 0.25) is 0 Å². The lowest BCUT2D eigenvalue weighted by molar-refractivity contribution is -0.252. The van der Waals surface area contributed by atoms with Crippen LogP contribution in [0.3, 0.4) is 0 Å². The second kappa shape index (κ2) is 16.2. The van der Waals surface area contributed by atoms with E-state index >= 15 is 0 Å². The van der Waals surface area contributed by atoms with E-state index in [0.717, 1.165) is 22.3 Å². The van der Waals surface area contributed by atoms with E-state index < -0.39 is 24.4 Å². The Hall–Kier alpha value is -4.00. The molecule has 2 amide bonds. The van der Waals surface area contributed by atoms with Gasteiger partial charge in [0.2, 0.25) is 0 Å². The molecule has 11 nitrogen and oxygen atoms in total. The van der Waals surface area contributed by atoms with Crippen molar-refractivity contribution in [3.05, 3.63) is 101 Å². The van der Waals surface area contributed by atoms with E-state index in [1.165, 1.54) is 0 Å². The molecule has 44 heavy (non-hydrogen) atoms. The average molecular weight is 608 g/mol. The number of aliphatic hydroxyl groups excluding tert-OH is 2. The first-order valence-electron chi connectivity index (χ1n) is 14.7. The fourth-order valence-electron chi connectivity index (χ4n) is 4.99. The number of benzene rings is 3. The van der Waals surface area contributed by atoms with Crippen LogP contribution in [0, 0.1) is 0 Å². The van der Waals surface area contributed by atoms with Gasteiger partial charge < -0.3 is 45.1 Å². The summed E-state index contributed by atoms with van der Waals surface area (Å²) >= 11 is 0. The molecule has 0 bridgehead atoms. The number of nitrogens with zero attached hydrogens (tertiary/aromatic N) is 1. The summed E-state index contributed by atoms with van der Waals surface area (Å²) in [5.41, 5.74) is 4.08. The molecule has 3 aromatic rings. The van der Waals surface area contributed by atoms with Crippen LogP contribution in [0.15, 0.2) is 72.8 Å². The van der Waals surface area contributed by atoms with Crippen molar-refractivity contribution in [1.82, 2.24) is 15.5 Å². The molecule has 0 spiro atoms. The van der Waals surface area contributed by atoms with Crippen molar-refractivity contribution in [3.8, 4) is 5.75 Å². The molecule has 0 unspecified atom stereocenters. The van der Waals surface area contributed by atoms with Gasteiger partial charge in [0.25, 0.3) is 0 Å². The SMILES string of the molecule is CCOC(=O)CNC(=O)NCc1ccc([C@@H]2O[C@H](CN(C)C[C@@H](O)c3cccc(O)c3)C[C@H](c3ccc(CO)cc3)O2)cc1. The van der Waals surface area contributed by atoms with Gasteiger partial charge in [0.05, 0.1) is 31.5 Å². The quantitative estimate of drug-likeness (QED) is 0.184. The molecule has 5 N–H and O–H groups in total. The molecule has 3 aromatic carbocycles. The molecule has 1 heterocycles. The number of hydrogen-bond donors (Lipinski definition) is 5. The first-order chi connectivity index (χ1) is 21.2. The number of phenolic OH excluding ortho intramolecular Hbond substituents is 1. The molecular formula is C33H41N3O8. The Morgan fingerprint density at radius 1 is 1.00 bits per heavy atom. The van der Waals surface area contributed by atoms with Crippen LogP contribution in [0.5, 0.6) is 5.75 Å². The summed E-state index contributed by atoms with van der Waals surface area (Å²) in [6.07, 6.45) is -1.33. The number of urea groups is 1. The maximum Gasteiger partial charge on any atom is 0.325 e. The summed E-state index contributed by atoms with van der Waals surface area (Å²) in [4.78, 5) is 25.4. The molecule has 0 saturated carbocycles. The van der Waals surface area contributed by atoms with Crippen molar-refractivity contribution in [3.63, 3.8) is 0 Å². The molecule has 1 fully saturated rings. The zero-order chi connectivity index (χ0) is 31.5. The number of nitrogens with one attached hydrogen (secondary N) is 2. The fourth-order valence-corrected chi connectivity index (χ4v) is 4.99. The second-order valence-electron chi connectivity index (χ2n) is 10.8. The standard InChI is InChI=1S/C33H41N3O8/c1-3-42-31(40)18-35-33(41)34-17-22-7-13-25(14-8-22)32-43-28(16-30(44-32)24-11-9-23(21-37)10-12-24)19-36(2)20-29(39)26-5-4-6-27(38)15-26/h4-15,28-30,32,37-39H,3,16-21H2,1-2H3,(H2,34,35,41)/t28-,29+,30+,32+/m0/s1. The number of aromatic hydroxyl groups is 1. The van der Waals surface area contributed by atoms with Gasteiger partial charge in [0.1, 0.15) is 12.3 Å². The van der Waals surface area contributed by atoms with Crippen molar-refractivity contribution in [2.75, 3.05) is 33.3 Å². The maximum atomic E-state index is 12.0. The van der Waals surface area contributed by atoms with Crippen LogP contribution in [-0.2, 0) is 32.2 Å². The maximum absolute atomic E-state index is 12.0. The summed E-state index contributed by atoms with van der Waals surface area (Å²) in [5, 5.41) is 35.2. The van der Waals surface area contributed by atoms with Gasteiger partial charge in [0, 0.05) is 31.6 Å². The normalized spacial score (nSPS) is 18.9. The van der Waals surface area contributed by atoms with Gasteiger partial charge in [-0.25, -0.2) is 4.79 Å². The minimum Gasteiger partial charge on any atom is -0.508 e. The fraction of sp³-hybridized carbons (Fsp3) is 0.394. The van der Waals surface area contributed by atoms with Gasteiger partial charge in [-0.3, -0.25) is 4.79 Å². The van der Waals surface area contributed by atoms with Crippen LogP contribution < -0.4 is 10.6 Å². The van der Waals surface area contributed by atoms with Crippen LogP contribution in [0.1, 0.15) is 59.7 Å². The lowest BCUT2D eigenvalue weighted by Crippen LogP contribution is -2.39. The van der Waals surface area contributed by atoms with Crippen molar-refractivity contribution >= 4 is 12.0 Å². The Balaban J connectivity index is 1.40. The number of esters is 1. The Bertz CT molecular complexity index is 1350. The van der Waals surface area contributed by atoms with Crippen LogP contribution in [0.25, 0.3) is 0 Å². The first-order valence-corrected chi connectivity index (χ1v) is 14.7. The zero-order valence-corrected chi connectivity index (χ0v) is 25.0. The Morgan fingerprint density at radius 3 is 2.39 bits per heavy atom. The van der Waals surface area contributed by atoms with Gasteiger partial charge in [-0.05, 0) is 48.4 Å². The summed E-state index contributed by atoms with van der Waals surface area (Å²) in [6.45, 7) is 2.84. The van der Waals surface area contributed by atoms with Gasteiger partial charge in [-0.15, -0.1) is 0 Å². The van der Waals surface area contributed by atoms with Crippen LogP contribution >= 0.6 is 0 Å². The predicted molar refractivity (Wildman–Crippen MR) is 162 cm³/mol. The van der Waals surface area contributed by atoms with E-state index in [9.17, 15) is 24.9 Å². The number of hydrogen-bond acceptors (Lipinski definition) is 9. The molecule has 0 radical (unpaired) electrons. The van der Waals surface area contributed by atoms with Gasteiger partial charge in [-0.1, -0.05) is 60.7 Å². The third-order valence-electron chi connectivity index (χ3n) is 7.27. The van der Waals surface area contributed by atoms with Gasteiger partial charge in [0.15, 0.2) is 6.29 Å². The molecule has 11 heteroatoms. The Morgan fingerprint density at radius 2 is 1.70 bits per heavy atom. The molecule has 1 saturated heterocycles. The highest BCUT2D eigenvalue weighted by Gasteiger charge is 2.33. The highest BCUT2D eigenvalue weighted by atomic mass is 16.7. The second-order valence-corrected chi connectivity index (χ2v) is 10.8. The van der Waals surface area contributed by atoms with E-state index in [4.69, 9.17) is 14.2 Å². The summed E-state index contributed by atoms with van der Waals surface area (Å²) < 4.78 is 17.6. The molecule has 0 aromatic heterocycles. The number of aliphatic hydroxyl groups is 2. The molecular weight excluding hydrogens is 566 g/mol. The van der Waals surface area contributed by atoms with E-state index in [0.29, 0.717) is 25.1 Å². The van der Waals surface area contributed by atoms with Crippen molar-refractivity contribution in [2.24, 2.45) is 0 Å². The summed E-state index contributed by atoms with van der Waals surface area (Å²) in [6, 6.07) is 21.3. The molecule has 4 rings (SSSR count).